The lowest BCUT2D eigenvalue weighted by Crippen LogP contribution is -2.47. The molecule has 1 aromatic heterocycles. The van der Waals surface area contributed by atoms with Crippen LogP contribution in [0.2, 0.25) is 0 Å². The summed E-state index contributed by atoms with van der Waals surface area (Å²) in [5.41, 5.74) is 1.45. The molecule has 2 saturated heterocycles. The highest BCUT2D eigenvalue weighted by Gasteiger charge is 2.23. The second kappa shape index (κ2) is 8.10. The van der Waals surface area contributed by atoms with Crippen LogP contribution in [0.5, 0.6) is 0 Å². The van der Waals surface area contributed by atoms with E-state index in [2.05, 4.69) is 19.8 Å². The fourth-order valence-electron chi connectivity index (χ4n) is 3.60. The SMILES string of the molecule is Cc1nc(C(=O)N2CCOCC2)cc(N2CCN(c3ccc(F)cc3)CC2)n1. The van der Waals surface area contributed by atoms with E-state index < -0.39 is 0 Å². The summed E-state index contributed by atoms with van der Waals surface area (Å²) in [6.07, 6.45) is 0. The molecule has 2 aliphatic rings. The lowest BCUT2D eigenvalue weighted by molar-refractivity contribution is 0.0299. The van der Waals surface area contributed by atoms with Gasteiger partial charge in [0.25, 0.3) is 5.91 Å². The zero-order valence-corrected chi connectivity index (χ0v) is 16.0. The van der Waals surface area contributed by atoms with Crippen LogP contribution in [-0.4, -0.2) is 73.3 Å². The Labute approximate surface area is 163 Å². The van der Waals surface area contributed by atoms with Crippen molar-refractivity contribution in [2.75, 3.05) is 62.3 Å². The molecule has 4 rings (SSSR count). The zero-order valence-electron chi connectivity index (χ0n) is 16.0. The summed E-state index contributed by atoms with van der Waals surface area (Å²) < 4.78 is 18.5. The van der Waals surface area contributed by atoms with E-state index in [0.717, 1.165) is 37.7 Å². The van der Waals surface area contributed by atoms with Gasteiger partial charge in [-0.05, 0) is 31.2 Å². The van der Waals surface area contributed by atoms with Crippen molar-refractivity contribution in [3.8, 4) is 0 Å². The highest BCUT2D eigenvalue weighted by molar-refractivity contribution is 5.93. The predicted molar refractivity (Wildman–Crippen MR) is 104 cm³/mol. The van der Waals surface area contributed by atoms with Crippen LogP contribution in [0.3, 0.4) is 0 Å². The van der Waals surface area contributed by atoms with Crippen molar-refractivity contribution in [2.45, 2.75) is 6.92 Å². The van der Waals surface area contributed by atoms with E-state index in [1.807, 2.05) is 6.92 Å². The standard InChI is InChI=1S/C20H24FN5O2/c1-15-22-18(20(27)26-10-12-28-13-11-26)14-19(23-15)25-8-6-24(7-9-25)17-4-2-16(21)3-5-17/h2-5,14H,6-13H2,1H3. The van der Waals surface area contributed by atoms with E-state index in [0.29, 0.717) is 37.8 Å². The first-order valence-electron chi connectivity index (χ1n) is 9.58. The van der Waals surface area contributed by atoms with Crippen LogP contribution < -0.4 is 9.80 Å². The largest absolute Gasteiger partial charge is 0.378 e. The number of ether oxygens (including phenoxy) is 1. The average molecular weight is 385 g/mol. The average Bonchev–Trinajstić information content (AvgIpc) is 2.74. The topological polar surface area (TPSA) is 61.8 Å². The van der Waals surface area contributed by atoms with Crippen molar-refractivity contribution < 1.29 is 13.9 Å². The maximum Gasteiger partial charge on any atom is 0.272 e. The first kappa shape index (κ1) is 18.6. The van der Waals surface area contributed by atoms with Gasteiger partial charge in [-0.25, -0.2) is 14.4 Å². The van der Waals surface area contributed by atoms with Gasteiger partial charge in [0.15, 0.2) is 0 Å². The Morgan fingerprint density at radius 2 is 1.61 bits per heavy atom. The number of piperazine rings is 1. The Kier molecular flexibility index (Phi) is 5.38. The molecular weight excluding hydrogens is 361 g/mol. The molecule has 1 aromatic carbocycles. The molecule has 0 radical (unpaired) electrons. The quantitative estimate of drug-likeness (QED) is 0.802. The van der Waals surface area contributed by atoms with E-state index in [9.17, 15) is 9.18 Å². The molecule has 7 nitrogen and oxygen atoms in total. The summed E-state index contributed by atoms with van der Waals surface area (Å²) in [7, 11) is 0. The maximum absolute atomic E-state index is 13.1. The van der Waals surface area contributed by atoms with E-state index in [1.165, 1.54) is 12.1 Å². The first-order valence-corrected chi connectivity index (χ1v) is 9.58. The van der Waals surface area contributed by atoms with Gasteiger partial charge in [-0.3, -0.25) is 4.79 Å². The van der Waals surface area contributed by atoms with E-state index in [1.54, 1.807) is 23.1 Å². The number of rotatable bonds is 3. The van der Waals surface area contributed by atoms with E-state index in [4.69, 9.17) is 4.74 Å². The summed E-state index contributed by atoms with van der Waals surface area (Å²) in [4.78, 5) is 27.9. The van der Waals surface area contributed by atoms with Gasteiger partial charge in [-0.1, -0.05) is 0 Å². The van der Waals surface area contributed by atoms with Crippen LogP contribution in [-0.2, 0) is 4.74 Å². The molecule has 2 fully saturated rings. The van der Waals surface area contributed by atoms with E-state index >= 15 is 0 Å². The summed E-state index contributed by atoms with van der Waals surface area (Å²) in [6, 6.07) is 8.37. The molecule has 0 unspecified atom stereocenters. The fraction of sp³-hybridized carbons (Fsp3) is 0.450. The smallest absolute Gasteiger partial charge is 0.272 e. The number of anilines is 2. The highest BCUT2D eigenvalue weighted by Crippen LogP contribution is 2.21. The molecule has 148 valence electrons. The van der Waals surface area contributed by atoms with Gasteiger partial charge in [-0.15, -0.1) is 0 Å². The van der Waals surface area contributed by atoms with Crippen molar-refractivity contribution in [1.82, 2.24) is 14.9 Å². The minimum Gasteiger partial charge on any atom is -0.378 e. The van der Waals surface area contributed by atoms with Crippen molar-refractivity contribution in [3.05, 3.63) is 47.7 Å². The number of aryl methyl sites for hydroxylation is 1. The number of nitrogens with zero attached hydrogens (tertiary/aromatic N) is 5. The van der Waals surface area contributed by atoms with Gasteiger partial charge in [-0.2, -0.15) is 0 Å². The normalized spacial score (nSPS) is 17.7. The molecular formula is C20H24FN5O2. The Balaban J connectivity index is 1.45. The molecule has 0 saturated carbocycles. The van der Waals surface area contributed by atoms with Gasteiger partial charge in [0, 0.05) is 51.0 Å². The van der Waals surface area contributed by atoms with Gasteiger partial charge in [0.1, 0.15) is 23.2 Å². The van der Waals surface area contributed by atoms with Crippen molar-refractivity contribution in [3.63, 3.8) is 0 Å². The number of amides is 1. The Morgan fingerprint density at radius 1 is 0.964 bits per heavy atom. The summed E-state index contributed by atoms with van der Waals surface area (Å²) in [5.74, 6) is 1.08. The van der Waals surface area contributed by atoms with Crippen LogP contribution in [0.25, 0.3) is 0 Å². The third-order valence-corrected chi connectivity index (χ3v) is 5.14. The number of hydrogen-bond acceptors (Lipinski definition) is 6. The van der Waals surface area contributed by atoms with Gasteiger partial charge in [0.2, 0.25) is 0 Å². The van der Waals surface area contributed by atoms with Gasteiger partial charge < -0.3 is 19.4 Å². The number of hydrogen-bond donors (Lipinski definition) is 0. The number of morpholine rings is 1. The molecule has 0 spiro atoms. The van der Waals surface area contributed by atoms with Crippen LogP contribution in [0.15, 0.2) is 30.3 Å². The molecule has 8 heteroatoms. The minimum atomic E-state index is -0.226. The molecule has 2 aliphatic heterocycles. The second-order valence-electron chi connectivity index (χ2n) is 7.01. The zero-order chi connectivity index (χ0) is 19.5. The molecule has 1 amide bonds. The van der Waals surface area contributed by atoms with Gasteiger partial charge in [0.05, 0.1) is 13.2 Å². The molecule has 0 bridgehead atoms. The number of carbonyl (C=O) groups is 1. The second-order valence-corrected chi connectivity index (χ2v) is 7.01. The maximum atomic E-state index is 13.1. The number of halogens is 1. The third-order valence-electron chi connectivity index (χ3n) is 5.14. The summed E-state index contributed by atoms with van der Waals surface area (Å²) >= 11 is 0. The summed E-state index contributed by atoms with van der Waals surface area (Å²) in [6.45, 7) is 7.29. The summed E-state index contributed by atoms with van der Waals surface area (Å²) in [5, 5.41) is 0. The minimum absolute atomic E-state index is 0.0694. The lowest BCUT2D eigenvalue weighted by atomic mass is 10.2. The molecule has 2 aromatic rings. The molecule has 28 heavy (non-hydrogen) atoms. The van der Waals surface area contributed by atoms with Crippen LogP contribution in [0.4, 0.5) is 15.9 Å². The molecule has 0 atom stereocenters. The molecule has 3 heterocycles. The Morgan fingerprint density at radius 3 is 2.29 bits per heavy atom. The molecule has 0 aliphatic carbocycles. The first-order chi connectivity index (χ1) is 13.6. The lowest BCUT2D eigenvalue weighted by Gasteiger charge is -2.37. The highest BCUT2D eigenvalue weighted by atomic mass is 19.1. The van der Waals surface area contributed by atoms with Crippen molar-refractivity contribution in [1.29, 1.82) is 0 Å². The van der Waals surface area contributed by atoms with E-state index in [-0.39, 0.29) is 11.7 Å². The fourth-order valence-corrected chi connectivity index (χ4v) is 3.60. The molecule has 0 N–H and O–H groups in total. The third kappa shape index (κ3) is 4.06. The van der Waals surface area contributed by atoms with Crippen LogP contribution >= 0.6 is 0 Å². The predicted octanol–water partition coefficient (Wildman–Crippen LogP) is 1.72. The van der Waals surface area contributed by atoms with Gasteiger partial charge >= 0.3 is 0 Å². The van der Waals surface area contributed by atoms with Crippen molar-refractivity contribution in [2.24, 2.45) is 0 Å². The number of benzene rings is 1. The van der Waals surface area contributed by atoms with Crippen molar-refractivity contribution >= 4 is 17.4 Å². The number of carbonyl (C=O) groups excluding carboxylic acids is 1. The monoisotopic (exact) mass is 385 g/mol. The Hall–Kier alpha value is -2.74. The Bertz CT molecular complexity index is 831. The van der Waals surface area contributed by atoms with Crippen LogP contribution in [0.1, 0.15) is 16.3 Å². The number of aromatic nitrogens is 2. The van der Waals surface area contributed by atoms with Crippen LogP contribution in [0, 0.1) is 12.7 Å².